The SMILES string of the molecule is C=C/C=C(\C=C/CC)N(CC)CCNCC.CC. The maximum atomic E-state index is 3.77. The first-order chi connectivity index (χ1) is 8.79. The molecule has 0 aromatic carbocycles. The van der Waals surface area contributed by atoms with E-state index in [4.69, 9.17) is 0 Å². The number of rotatable bonds is 9. The zero-order valence-electron chi connectivity index (χ0n) is 13.0. The summed E-state index contributed by atoms with van der Waals surface area (Å²) < 4.78 is 0. The maximum Gasteiger partial charge on any atom is 0.0363 e. The van der Waals surface area contributed by atoms with Crippen molar-refractivity contribution in [3.05, 3.63) is 36.6 Å². The summed E-state index contributed by atoms with van der Waals surface area (Å²) in [6.07, 6.45) is 9.36. The topological polar surface area (TPSA) is 15.3 Å². The Morgan fingerprint density at radius 1 is 1.22 bits per heavy atom. The Balaban J connectivity index is 0. The Bertz CT molecular complexity index is 229. The van der Waals surface area contributed by atoms with E-state index in [-0.39, 0.29) is 0 Å². The zero-order chi connectivity index (χ0) is 14.2. The molecule has 106 valence electrons. The summed E-state index contributed by atoms with van der Waals surface area (Å²) in [4.78, 5) is 2.36. The van der Waals surface area contributed by atoms with Gasteiger partial charge in [0.15, 0.2) is 0 Å². The molecule has 2 nitrogen and oxygen atoms in total. The molecule has 18 heavy (non-hydrogen) atoms. The van der Waals surface area contributed by atoms with Gasteiger partial charge in [0.25, 0.3) is 0 Å². The van der Waals surface area contributed by atoms with Crippen LogP contribution in [0.3, 0.4) is 0 Å². The highest BCUT2D eigenvalue weighted by Crippen LogP contribution is 2.06. The second-order valence-electron chi connectivity index (χ2n) is 3.57. The minimum atomic E-state index is 1.03. The number of nitrogens with one attached hydrogen (secondary N) is 1. The minimum Gasteiger partial charge on any atom is -0.371 e. The molecule has 0 aliphatic heterocycles. The molecule has 0 unspecified atom stereocenters. The predicted octanol–water partition coefficient (Wildman–Crippen LogP) is 3.98. The van der Waals surface area contributed by atoms with Crippen molar-refractivity contribution in [2.45, 2.75) is 41.0 Å². The van der Waals surface area contributed by atoms with Crippen molar-refractivity contribution in [1.82, 2.24) is 10.2 Å². The van der Waals surface area contributed by atoms with Crippen LogP contribution < -0.4 is 5.32 Å². The molecule has 0 amide bonds. The highest BCUT2D eigenvalue weighted by molar-refractivity contribution is 5.21. The van der Waals surface area contributed by atoms with Gasteiger partial charge in [-0.3, -0.25) is 0 Å². The summed E-state index contributed by atoms with van der Waals surface area (Å²) in [6, 6.07) is 0. The van der Waals surface area contributed by atoms with Crippen LogP contribution in [-0.4, -0.2) is 31.1 Å². The van der Waals surface area contributed by atoms with E-state index < -0.39 is 0 Å². The minimum absolute atomic E-state index is 1.03. The Morgan fingerprint density at radius 2 is 1.89 bits per heavy atom. The first kappa shape index (κ1) is 19.3. The third kappa shape index (κ3) is 10.2. The molecule has 0 aliphatic carbocycles. The van der Waals surface area contributed by atoms with Crippen molar-refractivity contribution < 1.29 is 0 Å². The van der Waals surface area contributed by atoms with E-state index in [1.807, 2.05) is 19.9 Å². The van der Waals surface area contributed by atoms with Gasteiger partial charge in [0.1, 0.15) is 0 Å². The predicted molar refractivity (Wildman–Crippen MR) is 84.8 cm³/mol. The molecule has 0 saturated carbocycles. The van der Waals surface area contributed by atoms with Crippen LogP contribution >= 0.6 is 0 Å². The molecule has 0 bridgehead atoms. The number of allylic oxidation sites excluding steroid dienone is 4. The fraction of sp³-hybridized carbons (Fsp3) is 0.625. The second-order valence-corrected chi connectivity index (χ2v) is 3.57. The van der Waals surface area contributed by atoms with Crippen LogP contribution in [0.1, 0.15) is 41.0 Å². The number of likely N-dealkylation sites (N-methyl/N-ethyl adjacent to an activating group) is 2. The largest absolute Gasteiger partial charge is 0.371 e. The Morgan fingerprint density at radius 3 is 2.33 bits per heavy atom. The maximum absolute atomic E-state index is 3.77. The molecule has 0 aliphatic rings. The van der Waals surface area contributed by atoms with E-state index >= 15 is 0 Å². The van der Waals surface area contributed by atoms with Gasteiger partial charge in [0.05, 0.1) is 0 Å². The fourth-order valence-electron chi connectivity index (χ4n) is 1.49. The highest BCUT2D eigenvalue weighted by Gasteiger charge is 2.02. The lowest BCUT2D eigenvalue weighted by molar-refractivity contribution is 0.370. The summed E-state index contributed by atoms with van der Waals surface area (Å²) in [5, 5.41) is 3.35. The molecule has 0 spiro atoms. The summed E-state index contributed by atoms with van der Waals surface area (Å²) >= 11 is 0. The normalized spacial score (nSPS) is 11.1. The van der Waals surface area contributed by atoms with E-state index in [1.165, 1.54) is 5.70 Å². The lowest BCUT2D eigenvalue weighted by Gasteiger charge is -2.24. The van der Waals surface area contributed by atoms with E-state index in [9.17, 15) is 0 Å². The zero-order valence-corrected chi connectivity index (χ0v) is 13.0. The van der Waals surface area contributed by atoms with Gasteiger partial charge in [-0.25, -0.2) is 0 Å². The molecule has 2 heteroatoms. The average molecular weight is 252 g/mol. The summed E-state index contributed by atoms with van der Waals surface area (Å²) in [5.74, 6) is 0. The van der Waals surface area contributed by atoms with Gasteiger partial charge < -0.3 is 10.2 Å². The van der Waals surface area contributed by atoms with Crippen molar-refractivity contribution in [1.29, 1.82) is 0 Å². The van der Waals surface area contributed by atoms with Crippen LogP contribution in [0.2, 0.25) is 0 Å². The Labute approximate surface area is 114 Å². The molecule has 0 atom stereocenters. The molecular weight excluding hydrogens is 220 g/mol. The highest BCUT2D eigenvalue weighted by atomic mass is 15.1. The first-order valence-electron chi connectivity index (χ1n) is 7.25. The van der Waals surface area contributed by atoms with Crippen molar-refractivity contribution in [3.63, 3.8) is 0 Å². The molecule has 0 aromatic rings. The Kier molecular flexibility index (Phi) is 17.2. The molecule has 0 radical (unpaired) electrons. The Hall–Kier alpha value is -1.02. The van der Waals surface area contributed by atoms with Crippen LogP contribution in [0.5, 0.6) is 0 Å². The van der Waals surface area contributed by atoms with Crippen LogP contribution in [-0.2, 0) is 0 Å². The summed E-state index contributed by atoms with van der Waals surface area (Å²) in [5.41, 5.74) is 1.25. The lowest BCUT2D eigenvalue weighted by Crippen LogP contribution is -2.31. The van der Waals surface area contributed by atoms with Gasteiger partial charge in [-0.05, 0) is 32.0 Å². The average Bonchev–Trinajstić information content (AvgIpc) is 2.42. The molecule has 0 rings (SSSR count). The van der Waals surface area contributed by atoms with Crippen LogP contribution in [0.25, 0.3) is 0 Å². The molecule has 1 N–H and O–H groups in total. The molecule has 0 heterocycles. The quantitative estimate of drug-likeness (QED) is 0.493. The van der Waals surface area contributed by atoms with E-state index in [2.05, 4.69) is 55.8 Å². The third-order valence-corrected chi connectivity index (χ3v) is 2.37. The fourth-order valence-corrected chi connectivity index (χ4v) is 1.49. The number of nitrogens with zero attached hydrogens (tertiary/aromatic N) is 1. The monoisotopic (exact) mass is 252 g/mol. The van der Waals surface area contributed by atoms with E-state index in [1.54, 1.807) is 0 Å². The van der Waals surface area contributed by atoms with E-state index in [0.29, 0.717) is 0 Å². The lowest BCUT2D eigenvalue weighted by atomic mass is 10.2. The van der Waals surface area contributed by atoms with Gasteiger partial charge in [-0.1, -0.05) is 46.4 Å². The van der Waals surface area contributed by atoms with Crippen molar-refractivity contribution in [3.8, 4) is 0 Å². The van der Waals surface area contributed by atoms with Gasteiger partial charge in [-0.15, -0.1) is 0 Å². The summed E-state index contributed by atoms with van der Waals surface area (Å²) in [7, 11) is 0. The molecule has 0 fully saturated rings. The third-order valence-electron chi connectivity index (χ3n) is 2.37. The van der Waals surface area contributed by atoms with Crippen LogP contribution in [0, 0.1) is 0 Å². The van der Waals surface area contributed by atoms with Crippen molar-refractivity contribution >= 4 is 0 Å². The molecule has 0 saturated heterocycles. The van der Waals surface area contributed by atoms with Crippen molar-refractivity contribution in [2.75, 3.05) is 26.2 Å². The van der Waals surface area contributed by atoms with Gasteiger partial charge in [-0.2, -0.15) is 0 Å². The number of hydrogen-bond acceptors (Lipinski definition) is 2. The van der Waals surface area contributed by atoms with Crippen LogP contribution in [0.15, 0.2) is 36.6 Å². The molecular formula is C16H32N2. The smallest absolute Gasteiger partial charge is 0.0363 e. The van der Waals surface area contributed by atoms with E-state index in [0.717, 1.165) is 32.6 Å². The number of hydrogen-bond donors (Lipinski definition) is 1. The second kappa shape index (κ2) is 16.0. The summed E-state index contributed by atoms with van der Waals surface area (Å²) in [6.45, 7) is 18.4. The molecule has 0 aromatic heterocycles. The van der Waals surface area contributed by atoms with Gasteiger partial charge in [0.2, 0.25) is 0 Å². The standard InChI is InChI=1S/C14H26N2.C2H6/c1-5-9-11-14(10-6-2)16(8-4)13-12-15-7-3;1-2/h6,9-11,15H,2,5,7-8,12-13H2,1,3-4H3;1-2H3/b11-9-,14-10+;. The van der Waals surface area contributed by atoms with Crippen LogP contribution in [0.4, 0.5) is 0 Å². The van der Waals surface area contributed by atoms with Gasteiger partial charge >= 0.3 is 0 Å². The van der Waals surface area contributed by atoms with Gasteiger partial charge in [0, 0.05) is 25.3 Å². The first-order valence-corrected chi connectivity index (χ1v) is 7.25. The van der Waals surface area contributed by atoms with Crippen molar-refractivity contribution in [2.24, 2.45) is 0 Å².